The lowest BCUT2D eigenvalue weighted by atomic mass is 9.77. The number of carbonyl (C=O) groups is 1. The van der Waals surface area contributed by atoms with Gasteiger partial charge in [0, 0.05) is 13.1 Å². The van der Waals surface area contributed by atoms with Crippen LogP contribution in [0.3, 0.4) is 0 Å². The highest BCUT2D eigenvalue weighted by Gasteiger charge is 2.42. The molecule has 1 atom stereocenters. The van der Waals surface area contributed by atoms with Crippen molar-refractivity contribution in [3.05, 3.63) is 0 Å². The van der Waals surface area contributed by atoms with Gasteiger partial charge in [-0.3, -0.25) is 0 Å². The third-order valence-corrected chi connectivity index (χ3v) is 3.87. The van der Waals surface area contributed by atoms with Gasteiger partial charge >= 0.3 is 6.09 Å². The summed E-state index contributed by atoms with van der Waals surface area (Å²) in [6.45, 7) is 10.3. The maximum Gasteiger partial charge on any atom is 0.410 e. The van der Waals surface area contributed by atoms with Crippen LogP contribution in [-0.4, -0.2) is 42.4 Å². The third-order valence-electron chi connectivity index (χ3n) is 3.87. The molecule has 1 amide bonds. The van der Waals surface area contributed by atoms with Gasteiger partial charge in [0.1, 0.15) is 5.60 Å². The van der Waals surface area contributed by atoms with Crippen molar-refractivity contribution in [1.29, 1.82) is 0 Å². The van der Waals surface area contributed by atoms with Crippen LogP contribution in [0.2, 0.25) is 0 Å². The van der Waals surface area contributed by atoms with Crippen molar-refractivity contribution < 1.29 is 14.3 Å². The second kappa shape index (κ2) is 4.72. The van der Waals surface area contributed by atoms with E-state index in [1.165, 1.54) is 0 Å². The average Bonchev–Trinajstić information content (AvgIpc) is 2.58. The van der Waals surface area contributed by atoms with Crippen LogP contribution in [-0.2, 0) is 9.47 Å². The summed E-state index contributed by atoms with van der Waals surface area (Å²) in [6, 6.07) is 0. The molecule has 0 unspecified atom stereocenters. The van der Waals surface area contributed by atoms with Crippen LogP contribution >= 0.6 is 0 Å². The van der Waals surface area contributed by atoms with Crippen molar-refractivity contribution in [2.24, 2.45) is 5.41 Å². The fourth-order valence-electron chi connectivity index (χ4n) is 2.89. The molecule has 2 aliphatic heterocycles. The Balaban J connectivity index is 1.85. The molecule has 2 fully saturated rings. The summed E-state index contributed by atoms with van der Waals surface area (Å²) in [4.78, 5) is 13.8. The molecular formula is C14H25NO3. The van der Waals surface area contributed by atoms with E-state index in [-0.39, 0.29) is 6.09 Å². The monoisotopic (exact) mass is 255 g/mol. The van der Waals surface area contributed by atoms with Gasteiger partial charge in [-0.25, -0.2) is 4.79 Å². The number of nitrogens with zero attached hydrogens (tertiary/aromatic N) is 1. The summed E-state index contributed by atoms with van der Waals surface area (Å²) in [7, 11) is 0. The number of amides is 1. The van der Waals surface area contributed by atoms with Gasteiger partial charge < -0.3 is 14.4 Å². The molecule has 104 valence electrons. The highest BCUT2D eigenvalue weighted by Crippen LogP contribution is 2.41. The van der Waals surface area contributed by atoms with Crippen molar-refractivity contribution in [2.45, 2.75) is 58.7 Å². The van der Waals surface area contributed by atoms with E-state index in [1.807, 2.05) is 25.7 Å². The first kappa shape index (κ1) is 13.7. The molecular weight excluding hydrogens is 230 g/mol. The van der Waals surface area contributed by atoms with Crippen LogP contribution in [0.5, 0.6) is 0 Å². The number of rotatable bonds is 0. The van der Waals surface area contributed by atoms with Crippen molar-refractivity contribution >= 4 is 6.09 Å². The number of piperidine rings is 1. The third kappa shape index (κ3) is 3.16. The lowest BCUT2D eigenvalue weighted by Crippen LogP contribution is -2.45. The van der Waals surface area contributed by atoms with Crippen molar-refractivity contribution in [2.75, 3.05) is 19.7 Å². The average molecular weight is 255 g/mol. The van der Waals surface area contributed by atoms with Gasteiger partial charge in [0.15, 0.2) is 0 Å². The van der Waals surface area contributed by atoms with Crippen LogP contribution in [0.25, 0.3) is 0 Å². The summed E-state index contributed by atoms with van der Waals surface area (Å²) in [5, 5.41) is 0. The van der Waals surface area contributed by atoms with Crippen molar-refractivity contribution in [3.8, 4) is 0 Å². The van der Waals surface area contributed by atoms with Crippen molar-refractivity contribution in [3.63, 3.8) is 0 Å². The van der Waals surface area contributed by atoms with E-state index in [1.54, 1.807) is 0 Å². The zero-order chi connectivity index (χ0) is 13.4. The van der Waals surface area contributed by atoms with E-state index in [2.05, 4.69) is 6.92 Å². The molecule has 2 aliphatic rings. The van der Waals surface area contributed by atoms with Gasteiger partial charge in [0.25, 0.3) is 0 Å². The molecule has 18 heavy (non-hydrogen) atoms. The SMILES string of the molecule is C[C@H]1CC2(CCN(C(=O)OC(C)(C)C)CC2)CO1. The van der Waals surface area contributed by atoms with Gasteiger partial charge in [-0.05, 0) is 52.4 Å². The minimum absolute atomic E-state index is 0.177. The number of likely N-dealkylation sites (tertiary alicyclic amines) is 1. The van der Waals surface area contributed by atoms with Gasteiger partial charge in [-0.1, -0.05) is 0 Å². The van der Waals surface area contributed by atoms with Gasteiger partial charge in [-0.2, -0.15) is 0 Å². The van der Waals surface area contributed by atoms with Gasteiger partial charge in [0.05, 0.1) is 12.7 Å². The number of hydrogen-bond acceptors (Lipinski definition) is 3. The largest absolute Gasteiger partial charge is 0.444 e. The topological polar surface area (TPSA) is 38.8 Å². The fourth-order valence-corrected chi connectivity index (χ4v) is 2.89. The Labute approximate surface area is 110 Å². The summed E-state index contributed by atoms with van der Waals surface area (Å²) in [5.41, 5.74) is -0.0882. The Hall–Kier alpha value is -0.770. The van der Waals surface area contributed by atoms with Crippen LogP contribution in [0.4, 0.5) is 4.79 Å². The zero-order valence-electron chi connectivity index (χ0n) is 12.0. The Morgan fingerprint density at radius 2 is 1.94 bits per heavy atom. The summed E-state index contributed by atoms with van der Waals surface area (Å²) in [6.07, 6.45) is 3.41. The molecule has 0 aromatic heterocycles. The molecule has 2 heterocycles. The molecule has 2 rings (SSSR count). The molecule has 0 aromatic rings. The maximum absolute atomic E-state index is 12.0. The molecule has 1 spiro atoms. The van der Waals surface area contributed by atoms with Gasteiger partial charge in [-0.15, -0.1) is 0 Å². The van der Waals surface area contributed by atoms with E-state index in [9.17, 15) is 4.79 Å². The molecule has 0 radical (unpaired) electrons. The molecule has 4 nitrogen and oxygen atoms in total. The molecule has 0 aliphatic carbocycles. The van der Waals surface area contributed by atoms with E-state index >= 15 is 0 Å². The van der Waals surface area contributed by atoms with Gasteiger partial charge in [0.2, 0.25) is 0 Å². The second-order valence-electron chi connectivity index (χ2n) is 6.79. The number of ether oxygens (including phenoxy) is 2. The first-order valence-electron chi connectivity index (χ1n) is 6.89. The highest BCUT2D eigenvalue weighted by atomic mass is 16.6. The van der Waals surface area contributed by atoms with Crippen LogP contribution in [0.15, 0.2) is 0 Å². The maximum atomic E-state index is 12.0. The number of hydrogen-bond donors (Lipinski definition) is 0. The summed E-state index contributed by atoms with van der Waals surface area (Å²) in [5.74, 6) is 0. The number of carbonyl (C=O) groups excluding carboxylic acids is 1. The Kier molecular flexibility index (Phi) is 3.58. The zero-order valence-corrected chi connectivity index (χ0v) is 12.0. The lowest BCUT2D eigenvalue weighted by molar-refractivity contribution is 0.00800. The van der Waals surface area contributed by atoms with Crippen LogP contribution in [0.1, 0.15) is 47.0 Å². The minimum atomic E-state index is -0.406. The molecule has 4 heteroatoms. The standard InChI is InChI=1S/C14H25NO3/c1-11-9-14(10-17-11)5-7-15(8-6-14)12(16)18-13(2,3)4/h11H,5-10H2,1-4H3/t11-/m0/s1. The predicted octanol–water partition coefficient (Wildman–Crippen LogP) is 2.81. The summed E-state index contributed by atoms with van der Waals surface area (Å²) >= 11 is 0. The Bertz CT molecular complexity index is 313. The van der Waals surface area contributed by atoms with Crippen LogP contribution in [0, 0.1) is 5.41 Å². The highest BCUT2D eigenvalue weighted by molar-refractivity contribution is 5.68. The smallest absolute Gasteiger partial charge is 0.410 e. The predicted molar refractivity (Wildman–Crippen MR) is 69.5 cm³/mol. The molecule has 0 bridgehead atoms. The minimum Gasteiger partial charge on any atom is -0.444 e. The van der Waals surface area contributed by atoms with Crippen molar-refractivity contribution in [1.82, 2.24) is 4.90 Å². The lowest BCUT2D eigenvalue weighted by Gasteiger charge is -2.38. The Morgan fingerprint density at radius 1 is 1.33 bits per heavy atom. The summed E-state index contributed by atoms with van der Waals surface area (Å²) < 4.78 is 11.1. The first-order valence-corrected chi connectivity index (χ1v) is 6.89. The molecule has 0 saturated carbocycles. The molecule has 2 saturated heterocycles. The van der Waals surface area contributed by atoms with E-state index < -0.39 is 5.60 Å². The van der Waals surface area contributed by atoms with E-state index in [0.717, 1.165) is 39.0 Å². The first-order chi connectivity index (χ1) is 8.30. The normalized spacial score (nSPS) is 27.6. The molecule has 0 aromatic carbocycles. The molecule has 0 N–H and O–H groups in total. The second-order valence-corrected chi connectivity index (χ2v) is 6.79. The van der Waals surface area contributed by atoms with E-state index in [4.69, 9.17) is 9.47 Å². The van der Waals surface area contributed by atoms with E-state index in [0.29, 0.717) is 11.5 Å². The van der Waals surface area contributed by atoms with Crippen LogP contribution < -0.4 is 0 Å². The fraction of sp³-hybridized carbons (Fsp3) is 0.929. The Morgan fingerprint density at radius 3 is 2.39 bits per heavy atom. The quantitative estimate of drug-likeness (QED) is 0.668.